The Hall–Kier alpha value is -2.09. The van der Waals surface area contributed by atoms with Crippen LogP contribution in [0.2, 0.25) is 0 Å². The third-order valence-electron chi connectivity index (χ3n) is 4.76. The maximum Gasteiger partial charge on any atom is 0.233 e. The zero-order chi connectivity index (χ0) is 18.4. The zero-order valence-corrected chi connectivity index (χ0v) is 16.1. The van der Waals surface area contributed by atoms with Crippen molar-refractivity contribution < 1.29 is 9.53 Å². The lowest BCUT2D eigenvalue weighted by molar-refractivity contribution is -0.131. The highest BCUT2D eigenvalue weighted by molar-refractivity contribution is 7.99. The van der Waals surface area contributed by atoms with Crippen LogP contribution in [0.3, 0.4) is 0 Å². The summed E-state index contributed by atoms with van der Waals surface area (Å²) >= 11 is 1.38. The van der Waals surface area contributed by atoms with Gasteiger partial charge in [0.15, 0.2) is 0 Å². The van der Waals surface area contributed by atoms with Crippen LogP contribution in [-0.4, -0.2) is 56.5 Å². The number of carbonyl (C=O) groups excluding carboxylic acids is 1. The molecule has 1 saturated carbocycles. The number of carbonyl (C=O) groups is 1. The fraction of sp³-hybridized carbons (Fsp3) is 0.556. The van der Waals surface area contributed by atoms with Crippen LogP contribution in [-0.2, 0) is 4.79 Å². The Morgan fingerprint density at radius 3 is 2.65 bits per heavy atom. The Kier molecular flexibility index (Phi) is 6.49. The van der Waals surface area contributed by atoms with Gasteiger partial charge in [-0.2, -0.15) is 4.68 Å². The summed E-state index contributed by atoms with van der Waals surface area (Å²) in [5, 5.41) is 12.5. The number of benzene rings is 1. The van der Waals surface area contributed by atoms with Crippen molar-refractivity contribution in [2.45, 2.75) is 50.2 Å². The fourth-order valence-electron chi connectivity index (χ4n) is 3.39. The van der Waals surface area contributed by atoms with E-state index in [1.165, 1.54) is 31.0 Å². The second-order valence-corrected chi connectivity index (χ2v) is 7.27. The van der Waals surface area contributed by atoms with Crippen molar-refractivity contribution in [1.29, 1.82) is 0 Å². The van der Waals surface area contributed by atoms with Crippen molar-refractivity contribution in [2.75, 3.05) is 19.4 Å². The standard InChI is InChI=1S/C18H25N5O2S/c1-3-22(14-7-5-4-6-8-14)17(24)13-26-18-19-20-21-23(18)15-9-11-16(25-2)12-10-15/h9-12,14H,3-8,13H2,1-2H3. The van der Waals surface area contributed by atoms with Crippen LogP contribution in [0.1, 0.15) is 39.0 Å². The molecule has 1 aliphatic rings. The van der Waals surface area contributed by atoms with Crippen LogP contribution in [0.4, 0.5) is 0 Å². The van der Waals surface area contributed by atoms with Gasteiger partial charge in [0, 0.05) is 12.6 Å². The predicted molar refractivity (Wildman–Crippen MR) is 101 cm³/mol. The first-order valence-electron chi connectivity index (χ1n) is 9.08. The smallest absolute Gasteiger partial charge is 0.233 e. The average Bonchev–Trinajstić information content (AvgIpc) is 3.16. The molecule has 0 bridgehead atoms. The molecule has 0 saturated heterocycles. The Labute approximate surface area is 158 Å². The van der Waals surface area contributed by atoms with Crippen LogP contribution in [0, 0.1) is 0 Å². The highest BCUT2D eigenvalue weighted by Gasteiger charge is 2.24. The minimum atomic E-state index is 0.161. The lowest BCUT2D eigenvalue weighted by Gasteiger charge is -2.33. The van der Waals surface area contributed by atoms with Gasteiger partial charge in [-0.3, -0.25) is 4.79 Å². The van der Waals surface area contributed by atoms with Crippen molar-refractivity contribution in [3.63, 3.8) is 0 Å². The number of tetrazole rings is 1. The van der Waals surface area contributed by atoms with E-state index in [4.69, 9.17) is 4.74 Å². The number of ether oxygens (including phenoxy) is 1. The van der Waals surface area contributed by atoms with Gasteiger partial charge in [-0.25, -0.2) is 0 Å². The summed E-state index contributed by atoms with van der Waals surface area (Å²) in [6, 6.07) is 7.89. The van der Waals surface area contributed by atoms with E-state index in [9.17, 15) is 4.79 Å². The Bertz CT molecular complexity index is 713. The molecule has 1 aromatic heterocycles. The van der Waals surface area contributed by atoms with Crippen molar-refractivity contribution in [3.05, 3.63) is 24.3 Å². The molecule has 26 heavy (non-hydrogen) atoms. The molecule has 0 atom stereocenters. The van der Waals surface area contributed by atoms with Crippen molar-refractivity contribution >= 4 is 17.7 Å². The van der Waals surface area contributed by atoms with E-state index >= 15 is 0 Å². The van der Waals surface area contributed by atoms with Crippen molar-refractivity contribution in [2.24, 2.45) is 0 Å². The molecule has 3 rings (SSSR count). The topological polar surface area (TPSA) is 73.1 Å². The molecule has 0 unspecified atom stereocenters. The summed E-state index contributed by atoms with van der Waals surface area (Å²) in [4.78, 5) is 14.7. The number of rotatable bonds is 7. The Balaban J connectivity index is 1.64. The number of aromatic nitrogens is 4. The summed E-state index contributed by atoms with van der Waals surface area (Å²) in [6.45, 7) is 2.81. The van der Waals surface area contributed by atoms with Gasteiger partial charge < -0.3 is 9.64 Å². The van der Waals surface area contributed by atoms with Crippen LogP contribution in [0.5, 0.6) is 5.75 Å². The molecule has 1 aliphatic carbocycles. The molecular weight excluding hydrogens is 350 g/mol. The first-order chi connectivity index (χ1) is 12.7. The highest BCUT2D eigenvalue weighted by Crippen LogP contribution is 2.25. The minimum Gasteiger partial charge on any atom is -0.497 e. The maximum absolute atomic E-state index is 12.7. The summed E-state index contributed by atoms with van der Waals surface area (Å²) in [5.74, 6) is 1.28. The van der Waals surface area contributed by atoms with E-state index in [-0.39, 0.29) is 5.91 Å². The number of hydrogen-bond acceptors (Lipinski definition) is 6. The lowest BCUT2D eigenvalue weighted by Crippen LogP contribution is -2.42. The Morgan fingerprint density at radius 1 is 1.27 bits per heavy atom. The van der Waals surface area contributed by atoms with Crippen LogP contribution in [0.25, 0.3) is 5.69 Å². The van der Waals surface area contributed by atoms with Gasteiger partial charge in [-0.1, -0.05) is 31.0 Å². The Morgan fingerprint density at radius 2 is 2.00 bits per heavy atom. The van der Waals surface area contributed by atoms with Crippen molar-refractivity contribution in [1.82, 2.24) is 25.1 Å². The monoisotopic (exact) mass is 375 g/mol. The summed E-state index contributed by atoms with van der Waals surface area (Å²) in [5.41, 5.74) is 0.838. The largest absolute Gasteiger partial charge is 0.497 e. The minimum absolute atomic E-state index is 0.161. The normalized spacial score (nSPS) is 15.0. The summed E-state index contributed by atoms with van der Waals surface area (Å²) < 4.78 is 6.82. The number of amides is 1. The van der Waals surface area contributed by atoms with Crippen LogP contribution < -0.4 is 4.74 Å². The molecule has 1 fully saturated rings. The molecule has 0 N–H and O–H groups in total. The highest BCUT2D eigenvalue weighted by atomic mass is 32.2. The second-order valence-electron chi connectivity index (χ2n) is 6.33. The lowest BCUT2D eigenvalue weighted by atomic mass is 9.94. The van der Waals surface area contributed by atoms with Gasteiger partial charge in [0.25, 0.3) is 0 Å². The molecule has 7 nitrogen and oxygen atoms in total. The zero-order valence-electron chi connectivity index (χ0n) is 15.3. The molecule has 0 radical (unpaired) electrons. The molecular formula is C18H25N5O2S. The van der Waals surface area contributed by atoms with E-state index in [0.29, 0.717) is 17.0 Å². The van der Waals surface area contributed by atoms with Gasteiger partial charge in [-0.15, -0.1) is 5.10 Å². The molecule has 2 aromatic rings. The van der Waals surface area contributed by atoms with Gasteiger partial charge in [0.1, 0.15) is 5.75 Å². The molecule has 8 heteroatoms. The van der Waals surface area contributed by atoms with E-state index in [1.807, 2.05) is 29.2 Å². The number of nitrogens with zero attached hydrogens (tertiary/aromatic N) is 5. The molecule has 0 spiro atoms. The summed E-state index contributed by atoms with van der Waals surface area (Å²) in [7, 11) is 1.63. The van der Waals surface area contributed by atoms with Gasteiger partial charge >= 0.3 is 0 Å². The van der Waals surface area contributed by atoms with E-state index in [0.717, 1.165) is 30.8 Å². The third kappa shape index (κ3) is 4.35. The molecule has 0 aliphatic heterocycles. The van der Waals surface area contributed by atoms with Crippen LogP contribution in [0.15, 0.2) is 29.4 Å². The third-order valence-corrected chi connectivity index (χ3v) is 5.66. The van der Waals surface area contributed by atoms with Crippen LogP contribution >= 0.6 is 11.8 Å². The predicted octanol–water partition coefficient (Wildman–Crippen LogP) is 2.94. The van der Waals surface area contributed by atoms with Gasteiger partial charge in [-0.05, 0) is 54.5 Å². The van der Waals surface area contributed by atoms with Crippen molar-refractivity contribution in [3.8, 4) is 11.4 Å². The molecule has 1 heterocycles. The average molecular weight is 375 g/mol. The second kappa shape index (κ2) is 9.02. The first kappa shape index (κ1) is 18.7. The van der Waals surface area contributed by atoms with E-state index < -0.39 is 0 Å². The molecule has 1 amide bonds. The maximum atomic E-state index is 12.7. The number of hydrogen-bond donors (Lipinski definition) is 0. The quantitative estimate of drug-likeness (QED) is 0.693. The molecule has 140 valence electrons. The fourth-order valence-corrected chi connectivity index (χ4v) is 4.17. The first-order valence-corrected chi connectivity index (χ1v) is 10.1. The van der Waals surface area contributed by atoms with E-state index in [1.54, 1.807) is 11.8 Å². The molecule has 1 aromatic carbocycles. The van der Waals surface area contributed by atoms with Gasteiger partial charge in [0.2, 0.25) is 11.1 Å². The number of thioether (sulfide) groups is 1. The summed E-state index contributed by atoms with van der Waals surface area (Å²) in [6.07, 6.45) is 5.96. The SMILES string of the molecule is CCN(C(=O)CSc1nnnn1-c1ccc(OC)cc1)C1CCCCC1. The van der Waals surface area contributed by atoms with Gasteiger partial charge in [0.05, 0.1) is 18.6 Å². The number of methoxy groups -OCH3 is 1. The van der Waals surface area contributed by atoms with E-state index in [2.05, 4.69) is 22.4 Å².